The Labute approximate surface area is 399 Å². The van der Waals surface area contributed by atoms with E-state index in [-0.39, 0.29) is 17.1 Å². The van der Waals surface area contributed by atoms with E-state index in [2.05, 4.69) is 255 Å². The molecule has 8 aromatic rings. The fraction of sp³-hybridized carbons (Fsp3) is 0.0909. The Morgan fingerprint density at radius 3 is 0.625 bits per heavy atom. The van der Waals surface area contributed by atoms with Gasteiger partial charge in [0, 0.05) is 0 Å². The summed E-state index contributed by atoms with van der Waals surface area (Å²) in [4.78, 5) is 0. The van der Waals surface area contributed by atoms with E-state index in [9.17, 15) is 0 Å². The van der Waals surface area contributed by atoms with Crippen LogP contribution in [0.4, 0.5) is 0 Å². The Bertz CT molecular complexity index is 1880. The van der Waals surface area contributed by atoms with Gasteiger partial charge in [0.15, 0.2) is 0 Å². The van der Waals surface area contributed by atoms with Gasteiger partial charge in [0.25, 0.3) is 0 Å². The Balaban J connectivity index is 0.000000207. The van der Waals surface area contributed by atoms with Gasteiger partial charge >= 0.3 is 25.7 Å². The van der Waals surface area contributed by atoms with Gasteiger partial charge in [0.05, 0.1) is 21.3 Å². The van der Waals surface area contributed by atoms with E-state index >= 15 is 0 Å². The summed E-state index contributed by atoms with van der Waals surface area (Å²) < 4.78 is 14.1. The summed E-state index contributed by atoms with van der Waals surface area (Å²) in [6.07, 6.45) is 7.31. The molecular weight excluding hydrogens is 919 g/mol. The number of hydrogen-bond acceptors (Lipinski definition) is 3. The molecule has 0 aromatic heterocycles. The van der Waals surface area contributed by atoms with Crippen LogP contribution in [0.25, 0.3) is 0 Å². The largest absolute Gasteiger partial charge is 2.00 e. The second-order valence-corrected chi connectivity index (χ2v) is 24.4. The Hall–Kier alpha value is -3.69. The van der Waals surface area contributed by atoms with E-state index < -0.39 is 40.3 Å². The van der Waals surface area contributed by atoms with Crippen molar-refractivity contribution < 1.29 is 30.6 Å². The number of hydrogen-bond donors (Lipinski definition) is 0. The molecule has 0 unspecified atom stereocenters. The van der Waals surface area contributed by atoms with Gasteiger partial charge in [-0.15, -0.1) is 12.3 Å². The maximum Gasteiger partial charge on any atom is 2.00 e. The molecule has 0 aliphatic rings. The van der Waals surface area contributed by atoms with E-state index in [1.165, 1.54) is 42.4 Å². The second-order valence-electron chi connectivity index (χ2n) is 13.9. The first kappa shape index (κ1) is 51.3. The summed E-state index contributed by atoms with van der Waals surface area (Å²) in [6.45, 7) is 0. The summed E-state index contributed by atoms with van der Waals surface area (Å²) in [5.41, 5.74) is 0. The summed E-state index contributed by atoms with van der Waals surface area (Å²) in [5, 5.41) is 11.4. The molecule has 0 spiro atoms. The molecule has 0 atom stereocenters. The van der Waals surface area contributed by atoms with Crippen molar-refractivity contribution in [3.8, 4) is 0 Å². The molecule has 0 amide bonds. The smallest absolute Gasteiger partial charge is 0.289 e. The maximum atomic E-state index is 4.71. The summed E-state index contributed by atoms with van der Waals surface area (Å²) in [6, 6.07) is 87.6. The Kier molecular flexibility index (Phi) is 23.9. The first-order valence-electron chi connectivity index (χ1n) is 20.9. The quantitative estimate of drug-likeness (QED) is 0.0517. The zero-order valence-corrected chi connectivity index (χ0v) is 42.2. The SMILES string of the molecule is CO[PH+](OC)OC.[Fe+2].c1ccc(P([CH-]CP(c2ccccc2)c2ccccc2)c2ccccc2)cc1.c1ccc(P([CH-]CP(c2ccccc2)c2ccccc2)c2ccccc2)cc1. The number of benzene rings is 8. The van der Waals surface area contributed by atoms with E-state index in [0.717, 1.165) is 12.3 Å². The molecular formula is C55H56FeO3P5+. The molecule has 0 aliphatic heterocycles. The van der Waals surface area contributed by atoms with E-state index in [0.29, 0.717) is 0 Å². The van der Waals surface area contributed by atoms with Crippen molar-refractivity contribution >= 4 is 82.7 Å². The summed E-state index contributed by atoms with van der Waals surface area (Å²) >= 11 is 0. The molecule has 8 rings (SSSR count). The molecule has 0 radical (unpaired) electrons. The molecule has 9 heteroatoms. The van der Waals surface area contributed by atoms with Crippen LogP contribution in [0.3, 0.4) is 0 Å². The van der Waals surface area contributed by atoms with Crippen molar-refractivity contribution in [2.45, 2.75) is 0 Å². The maximum absolute atomic E-state index is 4.71. The van der Waals surface area contributed by atoms with Crippen LogP contribution in [-0.4, -0.2) is 33.7 Å². The van der Waals surface area contributed by atoms with Crippen LogP contribution >= 0.6 is 40.3 Å². The van der Waals surface area contributed by atoms with Gasteiger partial charge in [-0.1, -0.05) is 280 Å². The van der Waals surface area contributed by atoms with Gasteiger partial charge in [0.1, 0.15) is 0 Å². The Morgan fingerprint density at radius 2 is 0.469 bits per heavy atom. The van der Waals surface area contributed by atoms with E-state index in [4.69, 9.17) is 13.6 Å². The second kappa shape index (κ2) is 29.8. The molecule has 0 heterocycles. The zero-order valence-electron chi connectivity index (χ0n) is 36.5. The predicted molar refractivity (Wildman–Crippen MR) is 284 cm³/mol. The fourth-order valence-corrected chi connectivity index (χ4v) is 16.9. The van der Waals surface area contributed by atoms with Gasteiger partial charge in [-0.2, -0.15) is 13.6 Å². The third kappa shape index (κ3) is 16.3. The van der Waals surface area contributed by atoms with Crippen molar-refractivity contribution in [3.63, 3.8) is 0 Å². The van der Waals surface area contributed by atoms with Crippen molar-refractivity contribution in [3.05, 3.63) is 255 Å². The van der Waals surface area contributed by atoms with Gasteiger partial charge in [0.2, 0.25) is 0 Å². The minimum Gasteiger partial charge on any atom is -0.289 e. The molecule has 326 valence electrons. The van der Waals surface area contributed by atoms with Gasteiger partial charge in [-0.25, -0.2) is 15.8 Å². The Morgan fingerprint density at radius 1 is 0.297 bits per heavy atom. The average Bonchev–Trinajstić information content (AvgIpc) is 3.37. The monoisotopic (exact) mass is 975 g/mol. The minimum atomic E-state index is -1.36. The van der Waals surface area contributed by atoms with Crippen molar-refractivity contribution in [1.29, 1.82) is 0 Å². The van der Waals surface area contributed by atoms with Crippen molar-refractivity contribution in [1.82, 2.24) is 0 Å². The van der Waals surface area contributed by atoms with Crippen LogP contribution in [0.15, 0.2) is 243 Å². The first-order chi connectivity index (χ1) is 31.2. The zero-order chi connectivity index (χ0) is 43.7. The first-order valence-corrected chi connectivity index (χ1v) is 28.0. The normalized spacial score (nSPS) is 10.8. The molecule has 0 N–H and O–H groups in total. The van der Waals surface area contributed by atoms with Crippen LogP contribution in [0.5, 0.6) is 0 Å². The predicted octanol–water partition coefficient (Wildman–Crippen LogP) is 11.7. The number of rotatable bonds is 17. The van der Waals surface area contributed by atoms with Crippen molar-refractivity contribution in [2.75, 3.05) is 33.7 Å². The van der Waals surface area contributed by atoms with Crippen LogP contribution < -0.4 is 42.4 Å². The van der Waals surface area contributed by atoms with Crippen LogP contribution in [0.2, 0.25) is 0 Å². The third-order valence-electron chi connectivity index (χ3n) is 9.80. The fourth-order valence-electron chi connectivity index (χ4n) is 6.80. The topological polar surface area (TPSA) is 27.7 Å². The average molecular weight is 976 g/mol. The molecule has 0 bridgehead atoms. The summed E-state index contributed by atoms with van der Waals surface area (Å²) in [7, 11) is 1.56. The van der Waals surface area contributed by atoms with E-state index in [1.54, 1.807) is 21.3 Å². The van der Waals surface area contributed by atoms with Gasteiger partial charge in [-0.05, 0) is 21.2 Å². The van der Waals surface area contributed by atoms with Crippen LogP contribution in [0, 0.1) is 12.3 Å². The van der Waals surface area contributed by atoms with Crippen LogP contribution in [-0.2, 0) is 30.6 Å². The van der Waals surface area contributed by atoms with Crippen molar-refractivity contribution in [2.24, 2.45) is 0 Å². The summed E-state index contributed by atoms with van der Waals surface area (Å²) in [5.74, 6) is 0. The molecule has 0 aliphatic carbocycles. The molecule has 64 heavy (non-hydrogen) atoms. The van der Waals surface area contributed by atoms with Gasteiger partial charge < -0.3 is 0 Å². The molecule has 3 nitrogen and oxygen atoms in total. The van der Waals surface area contributed by atoms with Crippen LogP contribution in [0.1, 0.15) is 0 Å². The molecule has 0 saturated carbocycles. The molecule has 0 saturated heterocycles. The third-order valence-corrected chi connectivity index (χ3v) is 20.7. The van der Waals surface area contributed by atoms with E-state index in [1.807, 2.05) is 0 Å². The standard InChI is InChI=1S/2C26H23P2.C3H10O3P.Fe/c2*1-5-13-23(14-6-1)27(24-15-7-2-8-16-24)21-22-28(25-17-9-3-10-18-25)26-19-11-4-12-20-26;1-4-7(5-2)6-3;/h2*1-21H,22H2;7H,1-3H3;/q2*-1;+1;+2. The molecule has 0 fully saturated rings. The minimum absolute atomic E-state index is 0. The van der Waals surface area contributed by atoms with Gasteiger partial charge in [-0.3, -0.25) is 12.3 Å². The molecule has 8 aromatic carbocycles.